The van der Waals surface area contributed by atoms with Crippen LogP contribution in [0.1, 0.15) is 36.0 Å². The van der Waals surface area contributed by atoms with Gasteiger partial charge in [0, 0.05) is 26.6 Å². The van der Waals surface area contributed by atoms with Crippen molar-refractivity contribution in [1.82, 2.24) is 15.1 Å². The van der Waals surface area contributed by atoms with E-state index in [2.05, 4.69) is 40.2 Å². The maximum absolute atomic E-state index is 5.50. The summed E-state index contributed by atoms with van der Waals surface area (Å²) in [5, 5.41) is 5.16. The van der Waals surface area contributed by atoms with Crippen LogP contribution in [0.15, 0.2) is 22.7 Å². The number of hydrogen-bond donors (Lipinski definition) is 0. The number of nitrogens with zero attached hydrogens (tertiary/aromatic N) is 4. The molecule has 1 unspecified atom stereocenters. The molecular weight excluding hydrogens is 336 g/mol. The topological polar surface area (TPSA) is 64.3 Å². The first kappa shape index (κ1) is 16.5. The predicted octanol–water partition coefficient (Wildman–Crippen LogP) is 3.56. The Hall–Kier alpha value is -1.99. The molecule has 25 heavy (non-hydrogen) atoms. The van der Waals surface area contributed by atoms with Crippen molar-refractivity contribution in [1.29, 1.82) is 0 Å². The molecule has 0 N–H and O–H groups in total. The van der Waals surface area contributed by atoms with Crippen molar-refractivity contribution in [2.45, 2.75) is 32.1 Å². The van der Waals surface area contributed by atoms with E-state index in [1.54, 1.807) is 18.4 Å². The zero-order chi connectivity index (χ0) is 17.2. The van der Waals surface area contributed by atoms with Crippen LogP contribution in [0, 0.1) is 6.92 Å². The average Bonchev–Trinajstić information content (AvgIpc) is 3.26. The number of thiazole rings is 1. The van der Waals surface area contributed by atoms with Crippen LogP contribution in [-0.2, 0) is 11.2 Å². The van der Waals surface area contributed by atoms with Gasteiger partial charge in [-0.2, -0.15) is 4.98 Å². The summed E-state index contributed by atoms with van der Waals surface area (Å²) in [5.74, 6) is 1.74. The molecule has 0 saturated carbocycles. The number of ether oxygens (including phenoxy) is 1. The number of benzene rings is 1. The molecule has 1 aliphatic rings. The van der Waals surface area contributed by atoms with Crippen molar-refractivity contribution < 1.29 is 9.26 Å². The molecule has 4 rings (SSSR count). The Morgan fingerprint density at radius 3 is 3.16 bits per heavy atom. The lowest BCUT2D eigenvalue weighted by Crippen LogP contribution is -2.34. The quantitative estimate of drug-likeness (QED) is 0.695. The summed E-state index contributed by atoms with van der Waals surface area (Å²) in [6.07, 6.45) is 2.87. The maximum Gasteiger partial charge on any atom is 0.231 e. The largest absolute Gasteiger partial charge is 0.384 e. The fourth-order valence-corrected chi connectivity index (χ4v) is 4.33. The van der Waals surface area contributed by atoms with E-state index >= 15 is 0 Å². The van der Waals surface area contributed by atoms with Crippen LogP contribution in [-0.4, -0.2) is 41.9 Å². The Balaban J connectivity index is 1.50. The first-order chi connectivity index (χ1) is 12.2. The molecular formula is C18H22N4O2S. The lowest BCUT2D eigenvalue weighted by Gasteiger charge is -2.30. The second-order valence-corrected chi connectivity index (χ2v) is 7.55. The summed E-state index contributed by atoms with van der Waals surface area (Å²) in [6, 6.07) is 6.43. The van der Waals surface area contributed by atoms with Crippen LogP contribution in [0.2, 0.25) is 0 Å². The molecule has 3 heterocycles. The van der Waals surface area contributed by atoms with Gasteiger partial charge in [0.2, 0.25) is 5.89 Å². The lowest BCUT2D eigenvalue weighted by molar-refractivity contribution is 0.199. The number of aromatic nitrogens is 3. The van der Waals surface area contributed by atoms with Gasteiger partial charge in [-0.3, -0.25) is 0 Å². The van der Waals surface area contributed by atoms with Crippen LogP contribution < -0.4 is 4.90 Å². The third kappa shape index (κ3) is 3.52. The van der Waals surface area contributed by atoms with Gasteiger partial charge >= 0.3 is 0 Å². The normalized spacial score (nSPS) is 18.2. The molecule has 1 atom stereocenters. The van der Waals surface area contributed by atoms with Crippen molar-refractivity contribution in [3.63, 3.8) is 0 Å². The van der Waals surface area contributed by atoms with Crippen molar-refractivity contribution in [2.24, 2.45) is 0 Å². The van der Waals surface area contributed by atoms with E-state index in [0.29, 0.717) is 13.0 Å². The second kappa shape index (κ2) is 7.09. The number of methoxy groups -OCH3 is 1. The highest BCUT2D eigenvalue weighted by molar-refractivity contribution is 7.22. The molecule has 1 aliphatic heterocycles. The second-order valence-electron chi connectivity index (χ2n) is 6.54. The van der Waals surface area contributed by atoms with E-state index in [0.717, 1.165) is 48.3 Å². The predicted molar refractivity (Wildman–Crippen MR) is 98.4 cm³/mol. The highest BCUT2D eigenvalue weighted by Gasteiger charge is 2.27. The summed E-state index contributed by atoms with van der Waals surface area (Å²) in [7, 11) is 1.68. The summed E-state index contributed by atoms with van der Waals surface area (Å²) in [5.41, 5.74) is 2.35. The van der Waals surface area contributed by atoms with Gasteiger partial charge in [-0.05, 0) is 37.5 Å². The van der Waals surface area contributed by atoms with Crippen molar-refractivity contribution in [2.75, 3.05) is 31.7 Å². The van der Waals surface area contributed by atoms with Gasteiger partial charge in [-0.15, -0.1) is 0 Å². The Bertz CT molecular complexity index is 860. The number of rotatable bonds is 5. The molecule has 1 aromatic carbocycles. The Kier molecular flexibility index (Phi) is 4.67. The molecule has 0 aliphatic carbocycles. The molecule has 0 amide bonds. The smallest absolute Gasteiger partial charge is 0.231 e. The Labute approximate surface area is 150 Å². The monoisotopic (exact) mass is 358 g/mol. The molecule has 0 spiro atoms. The maximum atomic E-state index is 5.50. The fraction of sp³-hybridized carbons (Fsp3) is 0.500. The highest BCUT2D eigenvalue weighted by atomic mass is 32.1. The number of piperidine rings is 1. The summed E-state index contributed by atoms with van der Waals surface area (Å²) >= 11 is 1.76. The molecule has 3 aromatic rings. The zero-order valence-electron chi connectivity index (χ0n) is 14.6. The number of hydrogen-bond acceptors (Lipinski definition) is 7. The first-order valence-corrected chi connectivity index (χ1v) is 9.48. The SMILES string of the molecule is COCCc1noc(C2CCCN(c3nc4ccc(C)cc4s3)C2)n1. The summed E-state index contributed by atoms with van der Waals surface area (Å²) in [4.78, 5) is 11.7. The van der Waals surface area contributed by atoms with Crippen LogP contribution in [0.4, 0.5) is 5.13 Å². The van der Waals surface area contributed by atoms with Crippen molar-refractivity contribution >= 4 is 26.7 Å². The van der Waals surface area contributed by atoms with Crippen LogP contribution >= 0.6 is 11.3 Å². The van der Waals surface area contributed by atoms with E-state index in [1.165, 1.54) is 10.3 Å². The minimum Gasteiger partial charge on any atom is -0.384 e. The standard InChI is InChI=1S/C18H22N4O2S/c1-12-5-6-14-15(10-12)25-18(19-14)22-8-3-4-13(11-22)17-20-16(21-24-17)7-9-23-2/h5-6,10,13H,3-4,7-9,11H2,1-2H3. The third-order valence-electron chi connectivity index (χ3n) is 4.59. The minimum atomic E-state index is 0.270. The molecule has 1 saturated heterocycles. The molecule has 6 nitrogen and oxygen atoms in total. The van der Waals surface area contributed by atoms with Crippen molar-refractivity contribution in [3.8, 4) is 0 Å². The minimum absolute atomic E-state index is 0.270. The molecule has 0 bridgehead atoms. The van der Waals surface area contributed by atoms with E-state index in [-0.39, 0.29) is 5.92 Å². The van der Waals surface area contributed by atoms with Gasteiger partial charge in [0.25, 0.3) is 0 Å². The van der Waals surface area contributed by atoms with E-state index in [1.807, 2.05) is 0 Å². The van der Waals surface area contributed by atoms with Gasteiger partial charge < -0.3 is 14.2 Å². The number of aryl methyl sites for hydroxylation is 1. The molecule has 2 aromatic heterocycles. The third-order valence-corrected chi connectivity index (χ3v) is 5.67. The molecule has 1 fully saturated rings. The average molecular weight is 358 g/mol. The van der Waals surface area contributed by atoms with Gasteiger partial charge in [0.05, 0.1) is 22.7 Å². The van der Waals surface area contributed by atoms with Crippen molar-refractivity contribution in [3.05, 3.63) is 35.5 Å². The van der Waals surface area contributed by atoms with E-state index in [4.69, 9.17) is 14.2 Å². The first-order valence-electron chi connectivity index (χ1n) is 8.66. The van der Waals surface area contributed by atoms with Gasteiger partial charge in [-0.1, -0.05) is 22.6 Å². The van der Waals surface area contributed by atoms with Gasteiger partial charge in [0.1, 0.15) is 0 Å². The van der Waals surface area contributed by atoms with Crippen LogP contribution in [0.25, 0.3) is 10.2 Å². The highest BCUT2D eigenvalue weighted by Crippen LogP contribution is 2.34. The molecule has 0 radical (unpaired) electrons. The Morgan fingerprint density at radius 1 is 1.36 bits per heavy atom. The molecule has 132 valence electrons. The van der Waals surface area contributed by atoms with Gasteiger partial charge in [0.15, 0.2) is 11.0 Å². The van der Waals surface area contributed by atoms with Crippen LogP contribution in [0.3, 0.4) is 0 Å². The lowest BCUT2D eigenvalue weighted by atomic mass is 9.98. The Morgan fingerprint density at radius 2 is 2.28 bits per heavy atom. The summed E-state index contributed by atoms with van der Waals surface area (Å²) in [6.45, 7) is 4.64. The van der Waals surface area contributed by atoms with E-state index in [9.17, 15) is 0 Å². The van der Waals surface area contributed by atoms with Crippen LogP contribution in [0.5, 0.6) is 0 Å². The molecule has 7 heteroatoms. The van der Waals surface area contributed by atoms with E-state index < -0.39 is 0 Å². The van der Waals surface area contributed by atoms with Gasteiger partial charge in [-0.25, -0.2) is 4.98 Å². The number of fused-ring (bicyclic) bond motifs is 1. The number of anilines is 1. The fourth-order valence-electron chi connectivity index (χ4n) is 3.24. The summed E-state index contributed by atoms with van der Waals surface area (Å²) < 4.78 is 11.8. The zero-order valence-corrected chi connectivity index (χ0v) is 15.4.